The zero-order chi connectivity index (χ0) is 23.1. The highest BCUT2D eigenvalue weighted by atomic mass is 32.2. The molecule has 1 heterocycles. The van der Waals surface area contributed by atoms with E-state index in [-0.39, 0.29) is 22.2 Å². The third-order valence-electron chi connectivity index (χ3n) is 5.17. The Morgan fingerprint density at radius 3 is 2.25 bits per heavy atom. The Labute approximate surface area is 186 Å². The molecular weight excluding hydrogens is 440 g/mol. The first-order valence-electron chi connectivity index (χ1n) is 10.3. The van der Waals surface area contributed by atoms with Crippen LogP contribution in [0.1, 0.15) is 41.6 Å². The molecule has 0 radical (unpaired) electrons. The average molecular weight is 466 g/mol. The maximum absolute atomic E-state index is 12.8. The number of hydrogen-bond acceptors (Lipinski definition) is 5. The second-order valence-electron chi connectivity index (χ2n) is 7.33. The molecule has 9 heteroatoms. The van der Waals surface area contributed by atoms with Crippen LogP contribution in [0.25, 0.3) is 6.08 Å². The number of halogens is 2. The summed E-state index contributed by atoms with van der Waals surface area (Å²) < 4.78 is 61.5. The van der Waals surface area contributed by atoms with Gasteiger partial charge in [-0.25, -0.2) is 8.42 Å². The fourth-order valence-electron chi connectivity index (χ4n) is 3.47. The van der Waals surface area contributed by atoms with Gasteiger partial charge in [-0.1, -0.05) is 25.0 Å². The minimum Gasteiger partial charge on any atom is -0.493 e. The third kappa shape index (κ3) is 5.92. The van der Waals surface area contributed by atoms with E-state index in [0.29, 0.717) is 24.2 Å². The number of carbonyl (C=O) groups is 1. The van der Waals surface area contributed by atoms with Crippen LogP contribution in [0.5, 0.6) is 11.5 Å². The molecule has 0 spiro atoms. The normalized spacial score (nSPS) is 15.6. The first-order chi connectivity index (χ1) is 15.3. The molecule has 0 amide bonds. The molecule has 172 valence electrons. The largest absolute Gasteiger partial charge is 0.493 e. The Morgan fingerprint density at radius 1 is 1.00 bits per heavy atom. The number of carbonyl (C=O) groups excluding carboxylic acids is 1. The van der Waals surface area contributed by atoms with Crippen LogP contribution in [-0.4, -0.2) is 45.3 Å². The lowest BCUT2D eigenvalue weighted by atomic mass is 10.1. The zero-order valence-electron chi connectivity index (χ0n) is 17.7. The van der Waals surface area contributed by atoms with Crippen molar-refractivity contribution in [1.29, 1.82) is 0 Å². The van der Waals surface area contributed by atoms with Gasteiger partial charge in [-0.05, 0) is 60.9 Å². The summed E-state index contributed by atoms with van der Waals surface area (Å²) in [5.41, 5.74) is 0.887. The first kappa shape index (κ1) is 23.9. The van der Waals surface area contributed by atoms with Crippen LogP contribution >= 0.6 is 0 Å². The minimum absolute atomic E-state index is 0.104. The Bertz CT molecular complexity index is 1060. The Balaban J connectivity index is 1.71. The van der Waals surface area contributed by atoms with Crippen LogP contribution in [0.3, 0.4) is 0 Å². The number of nitrogens with zero attached hydrogens (tertiary/aromatic N) is 1. The van der Waals surface area contributed by atoms with Crippen molar-refractivity contribution < 1.29 is 31.5 Å². The van der Waals surface area contributed by atoms with Crippen LogP contribution in [-0.2, 0) is 10.0 Å². The highest BCUT2D eigenvalue weighted by Gasteiger charge is 2.25. The number of rotatable bonds is 8. The fourth-order valence-corrected chi connectivity index (χ4v) is 4.99. The molecule has 0 bridgehead atoms. The van der Waals surface area contributed by atoms with Gasteiger partial charge in [0.2, 0.25) is 10.0 Å². The van der Waals surface area contributed by atoms with E-state index in [1.165, 1.54) is 66.0 Å². The summed E-state index contributed by atoms with van der Waals surface area (Å²) in [5, 5.41) is 0. The van der Waals surface area contributed by atoms with Gasteiger partial charge in [0.25, 0.3) is 0 Å². The van der Waals surface area contributed by atoms with E-state index in [0.717, 1.165) is 25.7 Å². The first-order valence-corrected chi connectivity index (χ1v) is 11.7. The fraction of sp³-hybridized carbons (Fsp3) is 0.348. The molecule has 2 aromatic carbocycles. The van der Waals surface area contributed by atoms with Crippen molar-refractivity contribution in [3.63, 3.8) is 0 Å². The smallest absolute Gasteiger partial charge is 0.387 e. The second kappa shape index (κ2) is 10.7. The van der Waals surface area contributed by atoms with Crippen molar-refractivity contribution in [3.05, 3.63) is 59.7 Å². The van der Waals surface area contributed by atoms with Gasteiger partial charge in [0.15, 0.2) is 17.3 Å². The number of ketones is 1. The van der Waals surface area contributed by atoms with E-state index in [9.17, 15) is 22.0 Å². The number of alkyl halides is 2. The molecule has 0 saturated carbocycles. The highest BCUT2D eigenvalue weighted by molar-refractivity contribution is 7.89. The van der Waals surface area contributed by atoms with Crippen molar-refractivity contribution in [2.45, 2.75) is 37.2 Å². The lowest BCUT2D eigenvalue weighted by Gasteiger charge is -2.19. The van der Waals surface area contributed by atoms with Gasteiger partial charge < -0.3 is 9.47 Å². The van der Waals surface area contributed by atoms with E-state index in [1.54, 1.807) is 0 Å². The zero-order valence-corrected chi connectivity index (χ0v) is 18.5. The molecule has 1 aliphatic heterocycles. The monoisotopic (exact) mass is 465 g/mol. The van der Waals surface area contributed by atoms with Gasteiger partial charge >= 0.3 is 6.61 Å². The van der Waals surface area contributed by atoms with E-state index >= 15 is 0 Å². The molecule has 0 aromatic heterocycles. The van der Waals surface area contributed by atoms with Gasteiger partial charge in [0.05, 0.1) is 12.0 Å². The van der Waals surface area contributed by atoms with Gasteiger partial charge in [-0.3, -0.25) is 4.79 Å². The number of allylic oxidation sites excluding steroid dienone is 1. The predicted molar refractivity (Wildman–Crippen MR) is 117 cm³/mol. The summed E-state index contributed by atoms with van der Waals surface area (Å²) in [5.74, 6) is -0.314. The van der Waals surface area contributed by atoms with Crippen LogP contribution < -0.4 is 9.47 Å². The lowest BCUT2D eigenvalue weighted by Crippen LogP contribution is -2.31. The van der Waals surface area contributed by atoms with Crippen molar-refractivity contribution in [2.24, 2.45) is 0 Å². The quantitative estimate of drug-likeness (QED) is 0.415. The molecule has 3 rings (SSSR count). The Hall–Kier alpha value is -2.78. The van der Waals surface area contributed by atoms with Gasteiger partial charge in [-0.15, -0.1) is 0 Å². The number of sulfonamides is 1. The second-order valence-corrected chi connectivity index (χ2v) is 9.27. The van der Waals surface area contributed by atoms with Crippen molar-refractivity contribution in [2.75, 3.05) is 20.2 Å². The summed E-state index contributed by atoms with van der Waals surface area (Å²) in [6.45, 7) is -1.95. The van der Waals surface area contributed by atoms with Crippen LogP contribution in [0.2, 0.25) is 0 Å². The van der Waals surface area contributed by atoms with Gasteiger partial charge in [-0.2, -0.15) is 13.1 Å². The van der Waals surface area contributed by atoms with Crippen LogP contribution in [0, 0.1) is 0 Å². The molecule has 32 heavy (non-hydrogen) atoms. The molecule has 2 aromatic rings. The molecule has 0 aliphatic carbocycles. The third-order valence-corrected chi connectivity index (χ3v) is 7.09. The summed E-state index contributed by atoms with van der Waals surface area (Å²) >= 11 is 0. The predicted octanol–water partition coefficient (Wildman–Crippen LogP) is 4.76. The van der Waals surface area contributed by atoms with Crippen LogP contribution in [0.4, 0.5) is 8.78 Å². The van der Waals surface area contributed by atoms with Crippen molar-refractivity contribution >= 4 is 21.9 Å². The van der Waals surface area contributed by atoms with Gasteiger partial charge in [0.1, 0.15) is 0 Å². The molecule has 1 saturated heterocycles. The molecule has 6 nitrogen and oxygen atoms in total. The van der Waals surface area contributed by atoms with Crippen molar-refractivity contribution in [1.82, 2.24) is 4.31 Å². The summed E-state index contributed by atoms with van der Waals surface area (Å²) in [7, 11) is -2.25. The number of ether oxygens (including phenoxy) is 2. The maximum atomic E-state index is 12.8. The topological polar surface area (TPSA) is 72.9 Å². The molecule has 0 atom stereocenters. The van der Waals surface area contributed by atoms with E-state index in [4.69, 9.17) is 4.74 Å². The van der Waals surface area contributed by atoms with E-state index < -0.39 is 16.6 Å². The lowest BCUT2D eigenvalue weighted by molar-refractivity contribution is -0.0512. The SMILES string of the molecule is COc1cc(C=CC(=O)c2ccc(S(=O)(=O)N3CCCCCC3)cc2)ccc1OC(F)F. The molecule has 0 unspecified atom stereocenters. The maximum Gasteiger partial charge on any atom is 0.387 e. The summed E-state index contributed by atoms with van der Waals surface area (Å²) in [6.07, 6.45) is 6.58. The molecular formula is C23H25F2NO5S. The standard InChI is InChI=1S/C23H25F2NO5S/c1-30-22-16-17(7-13-21(22)31-23(24)25)6-12-20(27)18-8-10-19(11-9-18)32(28,29)26-14-4-2-3-5-15-26/h6-13,16,23H,2-5,14-15H2,1H3. The van der Waals surface area contributed by atoms with E-state index in [1.807, 2.05) is 0 Å². The summed E-state index contributed by atoms with van der Waals surface area (Å²) in [6, 6.07) is 10.2. The average Bonchev–Trinajstić information content (AvgIpc) is 3.08. The number of hydrogen-bond donors (Lipinski definition) is 0. The minimum atomic E-state index is -3.58. The molecule has 0 N–H and O–H groups in total. The summed E-state index contributed by atoms with van der Waals surface area (Å²) in [4.78, 5) is 12.7. The number of benzene rings is 2. The van der Waals surface area contributed by atoms with Crippen molar-refractivity contribution in [3.8, 4) is 11.5 Å². The Morgan fingerprint density at radius 2 is 1.66 bits per heavy atom. The van der Waals surface area contributed by atoms with Crippen LogP contribution in [0.15, 0.2) is 53.4 Å². The molecule has 1 fully saturated rings. The molecule has 1 aliphatic rings. The van der Waals surface area contributed by atoms with Gasteiger partial charge in [0, 0.05) is 18.7 Å². The number of methoxy groups -OCH3 is 1. The van der Waals surface area contributed by atoms with E-state index in [2.05, 4.69) is 4.74 Å². The Kier molecular flexibility index (Phi) is 7.98. The highest BCUT2D eigenvalue weighted by Crippen LogP contribution is 2.30.